The molecular weight excluding hydrogens is 882 g/mol. The van der Waals surface area contributed by atoms with Crippen molar-refractivity contribution in [3.8, 4) is 0 Å². The first-order valence-corrected chi connectivity index (χ1v) is 29.2. The molecular formula is C59H102NO8P. The van der Waals surface area contributed by atoms with E-state index >= 15 is 0 Å². The zero-order valence-corrected chi connectivity index (χ0v) is 44.9. The van der Waals surface area contributed by atoms with Crippen LogP contribution in [0.4, 0.5) is 0 Å². The molecule has 0 aliphatic heterocycles. The molecule has 0 saturated carbocycles. The molecule has 0 rings (SSSR count). The van der Waals surface area contributed by atoms with Gasteiger partial charge in [0.15, 0.2) is 6.10 Å². The molecule has 9 nitrogen and oxygen atoms in total. The van der Waals surface area contributed by atoms with Gasteiger partial charge in [-0.15, -0.1) is 0 Å². The highest BCUT2D eigenvalue weighted by Gasteiger charge is 2.26. The summed E-state index contributed by atoms with van der Waals surface area (Å²) in [4.78, 5) is 35.1. The first-order valence-electron chi connectivity index (χ1n) is 27.7. The first-order chi connectivity index (χ1) is 33.8. The lowest BCUT2D eigenvalue weighted by Gasteiger charge is -2.19. The highest BCUT2D eigenvalue weighted by molar-refractivity contribution is 7.47. The van der Waals surface area contributed by atoms with E-state index in [-0.39, 0.29) is 32.6 Å². The van der Waals surface area contributed by atoms with Gasteiger partial charge in [0.2, 0.25) is 0 Å². The van der Waals surface area contributed by atoms with E-state index in [2.05, 4.69) is 111 Å². The molecule has 69 heavy (non-hydrogen) atoms. The Balaban J connectivity index is 4.06. The number of nitrogens with two attached hydrogens (primary N) is 1. The Bertz CT molecular complexity index is 1450. The number of hydrogen-bond donors (Lipinski definition) is 2. The summed E-state index contributed by atoms with van der Waals surface area (Å²) in [6.07, 6.45) is 71.8. The number of esters is 2. The molecule has 0 spiro atoms. The molecule has 0 aromatic heterocycles. The van der Waals surface area contributed by atoms with Gasteiger partial charge in [-0.1, -0.05) is 220 Å². The average Bonchev–Trinajstić information content (AvgIpc) is 3.34. The van der Waals surface area contributed by atoms with Crippen LogP contribution >= 0.6 is 7.82 Å². The maximum absolute atomic E-state index is 12.7. The largest absolute Gasteiger partial charge is 0.472 e. The van der Waals surface area contributed by atoms with E-state index in [0.29, 0.717) is 6.42 Å². The first kappa shape index (κ1) is 65.9. The van der Waals surface area contributed by atoms with Gasteiger partial charge in [-0.3, -0.25) is 18.6 Å². The lowest BCUT2D eigenvalue weighted by Crippen LogP contribution is -2.29. The van der Waals surface area contributed by atoms with Crippen LogP contribution in [0.25, 0.3) is 0 Å². The van der Waals surface area contributed by atoms with E-state index in [0.717, 1.165) is 77.0 Å². The van der Waals surface area contributed by atoms with Crippen LogP contribution < -0.4 is 5.73 Å². The van der Waals surface area contributed by atoms with Crippen LogP contribution in [0, 0.1) is 0 Å². The third-order valence-electron chi connectivity index (χ3n) is 11.5. The molecule has 0 bridgehead atoms. The second kappa shape index (κ2) is 54.3. The fraction of sp³-hybridized carbons (Fsp3) is 0.695. The van der Waals surface area contributed by atoms with Crippen LogP contribution in [0.5, 0.6) is 0 Å². The molecule has 0 fully saturated rings. The van der Waals surface area contributed by atoms with Gasteiger partial charge in [-0.25, -0.2) is 4.57 Å². The molecule has 0 amide bonds. The molecule has 0 aromatic rings. The van der Waals surface area contributed by atoms with Crippen molar-refractivity contribution in [1.29, 1.82) is 0 Å². The lowest BCUT2D eigenvalue weighted by molar-refractivity contribution is -0.161. The van der Waals surface area contributed by atoms with Crippen molar-refractivity contribution in [2.75, 3.05) is 26.4 Å². The molecule has 0 saturated heterocycles. The summed E-state index contributed by atoms with van der Waals surface area (Å²) < 4.78 is 32.9. The SMILES string of the molecule is CC/C=C\C/C=C\C/C=C\C/C=C\C/C=C\C/C=C\CCCCC(=O)OC(COC(=O)CCCCCCCCCCCCCCCCC/C=C\C/C=C\CCCCCCC)COP(=O)(O)OCCN. The molecule has 10 heteroatoms. The van der Waals surface area contributed by atoms with Gasteiger partial charge in [0.25, 0.3) is 0 Å². The van der Waals surface area contributed by atoms with Gasteiger partial charge in [0.05, 0.1) is 13.2 Å². The van der Waals surface area contributed by atoms with Gasteiger partial charge in [-0.05, 0) is 96.3 Å². The molecule has 0 aliphatic carbocycles. The van der Waals surface area contributed by atoms with E-state index in [9.17, 15) is 19.0 Å². The van der Waals surface area contributed by atoms with Crippen LogP contribution in [-0.2, 0) is 32.7 Å². The molecule has 0 aromatic carbocycles. The van der Waals surface area contributed by atoms with Gasteiger partial charge in [0, 0.05) is 19.4 Å². The lowest BCUT2D eigenvalue weighted by atomic mass is 10.0. The number of unbranched alkanes of at least 4 members (excludes halogenated alkanes) is 22. The number of allylic oxidation sites excluding steroid dienone is 16. The zero-order chi connectivity index (χ0) is 50.2. The topological polar surface area (TPSA) is 134 Å². The summed E-state index contributed by atoms with van der Waals surface area (Å²) in [5.74, 6) is -0.881. The van der Waals surface area contributed by atoms with Crippen LogP contribution in [-0.4, -0.2) is 49.3 Å². The standard InChI is InChI=1S/C59H102NO8P/c1-3-5-7-9-11-13-15-17-19-21-23-25-26-27-28-29-30-32-33-35-37-39-41-43-45-47-49-51-58(61)65-55-57(56-67-69(63,64)66-54-53-60)68-59(62)52-50-48-46-44-42-40-38-36-34-31-24-22-20-18-16-14-12-10-8-6-4-2/h6,8,12,14-15,17-18,20-21,23-24,31,36,38,42,44,57H,3-5,7,9-11,13,16,19,22,25-30,32-35,37,39-41,43,45-56,60H2,1-2H3,(H,63,64)/b8-6-,14-12-,17-15-,20-18-,23-21-,31-24-,38-36-,44-42-. The number of ether oxygens (including phenoxy) is 2. The summed E-state index contributed by atoms with van der Waals surface area (Å²) in [6, 6.07) is 0. The minimum absolute atomic E-state index is 0.0416. The molecule has 0 radical (unpaired) electrons. The molecule has 0 heterocycles. The van der Waals surface area contributed by atoms with Crippen LogP contribution in [0.3, 0.4) is 0 Å². The predicted molar refractivity (Wildman–Crippen MR) is 293 cm³/mol. The fourth-order valence-corrected chi connectivity index (χ4v) is 8.14. The van der Waals surface area contributed by atoms with Crippen molar-refractivity contribution in [3.63, 3.8) is 0 Å². The van der Waals surface area contributed by atoms with Gasteiger partial charge >= 0.3 is 19.8 Å². The van der Waals surface area contributed by atoms with Crippen molar-refractivity contribution in [2.24, 2.45) is 5.73 Å². The summed E-state index contributed by atoms with van der Waals surface area (Å²) in [6.45, 7) is 3.57. The van der Waals surface area contributed by atoms with Gasteiger partial charge < -0.3 is 20.1 Å². The molecule has 396 valence electrons. The Morgan fingerprint density at radius 3 is 1.22 bits per heavy atom. The van der Waals surface area contributed by atoms with Crippen LogP contribution in [0.1, 0.15) is 232 Å². The number of phosphoric acid groups is 1. The number of carbonyl (C=O) groups is 2. The van der Waals surface area contributed by atoms with Crippen molar-refractivity contribution < 1.29 is 37.6 Å². The van der Waals surface area contributed by atoms with Crippen molar-refractivity contribution in [1.82, 2.24) is 0 Å². The third-order valence-corrected chi connectivity index (χ3v) is 12.4. The Labute approximate surface area is 423 Å². The van der Waals surface area contributed by atoms with Gasteiger partial charge in [0.1, 0.15) is 6.61 Å². The van der Waals surface area contributed by atoms with E-state index in [1.54, 1.807) is 0 Å². The van der Waals surface area contributed by atoms with Gasteiger partial charge in [-0.2, -0.15) is 0 Å². The maximum Gasteiger partial charge on any atom is 0.472 e. The highest BCUT2D eigenvalue weighted by atomic mass is 31.2. The van der Waals surface area contributed by atoms with Crippen LogP contribution in [0.2, 0.25) is 0 Å². The minimum Gasteiger partial charge on any atom is -0.462 e. The van der Waals surface area contributed by atoms with E-state index in [4.69, 9.17) is 24.3 Å². The summed E-state index contributed by atoms with van der Waals surface area (Å²) >= 11 is 0. The molecule has 0 aliphatic rings. The Morgan fingerprint density at radius 1 is 0.449 bits per heavy atom. The Hall–Kier alpha value is -3.07. The predicted octanol–water partition coefficient (Wildman–Crippen LogP) is 17.3. The second-order valence-corrected chi connectivity index (χ2v) is 19.5. The summed E-state index contributed by atoms with van der Waals surface area (Å²) in [5.41, 5.74) is 5.37. The minimum atomic E-state index is -4.40. The molecule has 2 atom stereocenters. The smallest absolute Gasteiger partial charge is 0.462 e. The number of phosphoric ester groups is 1. The Kier molecular flexibility index (Phi) is 51.9. The van der Waals surface area contributed by atoms with Crippen molar-refractivity contribution in [2.45, 2.75) is 238 Å². The number of carbonyl (C=O) groups excluding carboxylic acids is 2. The third kappa shape index (κ3) is 54.1. The quantitative estimate of drug-likeness (QED) is 0.0264. The Morgan fingerprint density at radius 2 is 0.797 bits per heavy atom. The highest BCUT2D eigenvalue weighted by Crippen LogP contribution is 2.43. The van der Waals surface area contributed by atoms with E-state index in [1.165, 1.54) is 122 Å². The van der Waals surface area contributed by atoms with E-state index in [1.807, 2.05) is 0 Å². The molecule has 2 unspecified atom stereocenters. The number of hydrogen-bond acceptors (Lipinski definition) is 8. The maximum atomic E-state index is 12.7. The van der Waals surface area contributed by atoms with Crippen molar-refractivity contribution in [3.05, 3.63) is 97.2 Å². The summed E-state index contributed by atoms with van der Waals surface area (Å²) in [5, 5.41) is 0. The monoisotopic (exact) mass is 984 g/mol. The summed E-state index contributed by atoms with van der Waals surface area (Å²) in [7, 11) is -4.40. The van der Waals surface area contributed by atoms with Crippen molar-refractivity contribution >= 4 is 19.8 Å². The normalized spacial score (nSPS) is 13.9. The van der Waals surface area contributed by atoms with Crippen LogP contribution in [0.15, 0.2) is 97.2 Å². The second-order valence-electron chi connectivity index (χ2n) is 18.1. The zero-order valence-electron chi connectivity index (χ0n) is 44.0. The molecule has 3 N–H and O–H groups in total. The fourth-order valence-electron chi connectivity index (χ4n) is 7.37. The van der Waals surface area contributed by atoms with E-state index < -0.39 is 32.5 Å². The average molecular weight is 984 g/mol. The number of rotatable bonds is 51.